The summed E-state index contributed by atoms with van der Waals surface area (Å²) in [7, 11) is 0. The lowest BCUT2D eigenvalue weighted by Gasteiger charge is -2.05. The second kappa shape index (κ2) is 6.61. The molecule has 0 amide bonds. The van der Waals surface area contributed by atoms with Crippen LogP contribution in [0.4, 0.5) is 14.5 Å². The van der Waals surface area contributed by atoms with Gasteiger partial charge in [0.25, 0.3) is 5.76 Å². The predicted molar refractivity (Wildman–Crippen MR) is 74.5 cm³/mol. The van der Waals surface area contributed by atoms with Gasteiger partial charge in [0.05, 0.1) is 12.3 Å². The van der Waals surface area contributed by atoms with Gasteiger partial charge in [-0.25, -0.2) is 0 Å². The third-order valence-electron chi connectivity index (χ3n) is 2.55. The Hall–Kier alpha value is -1.49. The molecule has 102 valence electrons. The number of nitrogens with one attached hydrogen (secondary N) is 1. The summed E-state index contributed by atoms with van der Waals surface area (Å²) in [6.07, 6.45) is 0. The van der Waals surface area contributed by atoms with Gasteiger partial charge in [-0.05, 0) is 36.8 Å². The molecular weight excluding hydrogens is 268 g/mol. The first kappa shape index (κ1) is 13.9. The minimum atomic E-state index is -2.36. The Balaban J connectivity index is 1.86. The van der Waals surface area contributed by atoms with E-state index in [0.29, 0.717) is 24.1 Å². The van der Waals surface area contributed by atoms with Crippen LogP contribution in [-0.4, -0.2) is 5.76 Å². The van der Waals surface area contributed by atoms with Gasteiger partial charge in [0.1, 0.15) is 11.5 Å². The van der Waals surface area contributed by atoms with Crippen molar-refractivity contribution in [2.45, 2.75) is 25.0 Å². The number of halogens is 2. The van der Waals surface area contributed by atoms with Gasteiger partial charge in [-0.1, -0.05) is 23.9 Å². The molecule has 0 atom stereocenters. The first-order valence-electron chi connectivity index (χ1n) is 5.91. The molecule has 1 heterocycles. The highest BCUT2D eigenvalue weighted by Crippen LogP contribution is 2.21. The number of hydrogen-bond donors (Lipinski definition) is 1. The lowest BCUT2D eigenvalue weighted by molar-refractivity contribution is 0.251. The molecule has 0 aliphatic carbocycles. The Labute approximate surface area is 115 Å². The van der Waals surface area contributed by atoms with Gasteiger partial charge in [-0.3, -0.25) is 0 Å². The zero-order valence-corrected chi connectivity index (χ0v) is 11.3. The monoisotopic (exact) mass is 283 g/mol. The highest BCUT2D eigenvalue weighted by atomic mass is 32.2. The van der Waals surface area contributed by atoms with E-state index < -0.39 is 5.76 Å². The average Bonchev–Trinajstić information content (AvgIpc) is 2.82. The van der Waals surface area contributed by atoms with Crippen molar-refractivity contribution in [2.24, 2.45) is 0 Å². The molecule has 0 unspecified atom stereocenters. The molecule has 0 spiro atoms. The van der Waals surface area contributed by atoms with Gasteiger partial charge in [-0.2, -0.15) is 8.78 Å². The number of thioether (sulfide) groups is 1. The molecule has 0 aliphatic rings. The van der Waals surface area contributed by atoms with Gasteiger partial charge in [0, 0.05) is 5.69 Å². The molecule has 2 aromatic rings. The van der Waals surface area contributed by atoms with Crippen molar-refractivity contribution in [3.05, 3.63) is 53.5 Å². The minimum Gasteiger partial charge on any atom is -0.463 e. The fourth-order valence-electron chi connectivity index (χ4n) is 1.68. The Morgan fingerprint density at radius 2 is 2.00 bits per heavy atom. The van der Waals surface area contributed by atoms with Crippen molar-refractivity contribution in [2.75, 3.05) is 5.32 Å². The van der Waals surface area contributed by atoms with E-state index in [0.717, 1.165) is 11.4 Å². The van der Waals surface area contributed by atoms with E-state index in [4.69, 9.17) is 4.42 Å². The molecule has 0 saturated heterocycles. The summed E-state index contributed by atoms with van der Waals surface area (Å²) >= 11 is 0.567. The van der Waals surface area contributed by atoms with Crippen LogP contribution >= 0.6 is 11.8 Å². The van der Waals surface area contributed by atoms with Crippen LogP contribution in [0.2, 0.25) is 0 Å². The minimum absolute atomic E-state index is 0.197. The Morgan fingerprint density at radius 3 is 2.74 bits per heavy atom. The number of anilines is 1. The second-order valence-electron chi connectivity index (χ2n) is 4.16. The fraction of sp³-hybridized carbons (Fsp3) is 0.286. The summed E-state index contributed by atoms with van der Waals surface area (Å²) in [6.45, 7) is 2.57. The summed E-state index contributed by atoms with van der Waals surface area (Å²) in [4.78, 5) is 0. The van der Waals surface area contributed by atoms with Gasteiger partial charge in [0.15, 0.2) is 0 Å². The second-order valence-corrected chi connectivity index (χ2v) is 5.14. The Kier molecular flexibility index (Phi) is 4.85. The van der Waals surface area contributed by atoms with Crippen LogP contribution in [0.1, 0.15) is 17.1 Å². The Morgan fingerprint density at radius 1 is 1.21 bits per heavy atom. The van der Waals surface area contributed by atoms with E-state index in [2.05, 4.69) is 5.32 Å². The van der Waals surface area contributed by atoms with Crippen molar-refractivity contribution < 1.29 is 13.2 Å². The summed E-state index contributed by atoms with van der Waals surface area (Å²) in [6, 6.07) is 11.6. The lowest BCUT2D eigenvalue weighted by atomic mass is 10.2. The summed E-state index contributed by atoms with van der Waals surface area (Å²) in [5.74, 6) is -0.848. The average molecular weight is 283 g/mol. The number of hydrogen-bond acceptors (Lipinski definition) is 3. The maximum Gasteiger partial charge on any atom is 0.284 e. The van der Waals surface area contributed by atoms with E-state index in [1.54, 1.807) is 6.07 Å². The van der Waals surface area contributed by atoms with Crippen LogP contribution in [0.5, 0.6) is 0 Å². The summed E-state index contributed by atoms with van der Waals surface area (Å²) in [5.41, 5.74) is 2.19. The third-order valence-corrected chi connectivity index (χ3v) is 3.26. The quantitative estimate of drug-likeness (QED) is 0.835. The van der Waals surface area contributed by atoms with Crippen LogP contribution in [0.25, 0.3) is 0 Å². The number of furan rings is 1. The standard InChI is InChI=1S/C14H15F2NOS/c1-10-3-2-4-11(7-10)17-8-12-5-6-13(18-12)9-19-14(15)16/h2-7,14,17H,8-9H2,1H3. The van der Waals surface area contributed by atoms with Crippen molar-refractivity contribution >= 4 is 17.4 Å². The zero-order valence-electron chi connectivity index (χ0n) is 10.5. The lowest BCUT2D eigenvalue weighted by Crippen LogP contribution is -1.97. The number of benzene rings is 1. The molecule has 0 saturated carbocycles. The SMILES string of the molecule is Cc1cccc(NCc2ccc(CSC(F)F)o2)c1. The molecular formula is C14H15F2NOS. The molecule has 1 aromatic carbocycles. The van der Waals surface area contributed by atoms with E-state index in [-0.39, 0.29) is 5.75 Å². The van der Waals surface area contributed by atoms with Crippen molar-refractivity contribution in [3.63, 3.8) is 0 Å². The van der Waals surface area contributed by atoms with Gasteiger partial charge in [-0.15, -0.1) is 0 Å². The smallest absolute Gasteiger partial charge is 0.284 e. The molecule has 2 rings (SSSR count). The van der Waals surface area contributed by atoms with Gasteiger partial charge >= 0.3 is 0 Å². The van der Waals surface area contributed by atoms with E-state index in [1.807, 2.05) is 37.3 Å². The number of rotatable bonds is 6. The number of aryl methyl sites for hydroxylation is 1. The molecule has 2 nitrogen and oxygen atoms in total. The maximum absolute atomic E-state index is 12.0. The molecule has 0 radical (unpaired) electrons. The fourth-order valence-corrected chi connectivity index (χ4v) is 2.13. The van der Waals surface area contributed by atoms with E-state index >= 15 is 0 Å². The highest BCUT2D eigenvalue weighted by molar-refractivity contribution is 7.98. The van der Waals surface area contributed by atoms with E-state index in [9.17, 15) is 8.78 Å². The van der Waals surface area contributed by atoms with Gasteiger partial charge in [0.2, 0.25) is 0 Å². The Bertz CT molecular complexity index is 528. The number of alkyl halides is 2. The maximum atomic E-state index is 12.0. The van der Waals surface area contributed by atoms with Crippen molar-refractivity contribution in [1.82, 2.24) is 0 Å². The predicted octanol–water partition coefficient (Wildman–Crippen LogP) is 4.66. The van der Waals surface area contributed by atoms with Crippen LogP contribution in [0.3, 0.4) is 0 Å². The summed E-state index contributed by atoms with van der Waals surface area (Å²) < 4.78 is 29.6. The summed E-state index contributed by atoms with van der Waals surface area (Å²) in [5, 5.41) is 3.23. The van der Waals surface area contributed by atoms with Crippen molar-refractivity contribution in [1.29, 1.82) is 0 Å². The third kappa shape index (κ3) is 4.59. The normalized spacial score (nSPS) is 10.9. The molecule has 5 heteroatoms. The van der Waals surface area contributed by atoms with Gasteiger partial charge < -0.3 is 9.73 Å². The highest BCUT2D eigenvalue weighted by Gasteiger charge is 2.07. The first-order valence-corrected chi connectivity index (χ1v) is 6.96. The molecule has 19 heavy (non-hydrogen) atoms. The van der Waals surface area contributed by atoms with E-state index in [1.165, 1.54) is 5.56 Å². The first-order chi connectivity index (χ1) is 9.13. The topological polar surface area (TPSA) is 25.2 Å². The van der Waals surface area contributed by atoms with Crippen LogP contribution in [0.15, 0.2) is 40.8 Å². The molecule has 1 aromatic heterocycles. The molecule has 0 fully saturated rings. The van der Waals surface area contributed by atoms with Crippen molar-refractivity contribution in [3.8, 4) is 0 Å². The van der Waals surface area contributed by atoms with Crippen LogP contribution in [-0.2, 0) is 12.3 Å². The van der Waals surface area contributed by atoms with Crippen LogP contribution in [0, 0.1) is 6.92 Å². The largest absolute Gasteiger partial charge is 0.463 e. The zero-order chi connectivity index (χ0) is 13.7. The molecule has 0 aliphatic heterocycles. The van der Waals surface area contributed by atoms with Crippen LogP contribution < -0.4 is 5.32 Å². The molecule has 1 N–H and O–H groups in total. The molecule has 0 bridgehead atoms.